The maximum absolute atomic E-state index is 6.55. The Kier molecular flexibility index (Phi) is 4.64. The Morgan fingerprint density at radius 1 is 1.00 bits per heavy atom. The van der Waals surface area contributed by atoms with E-state index in [0.717, 1.165) is 0 Å². The summed E-state index contributed by atoms with van der Waals surface area (Å²) in [4.78, 5) is 0. The van der Waals surface area contributed by atoms with Crippen LogP contribution in [0.15, 0.2) is 0 Å². The molecule has 1 aliphatic rings. The lowest BCUT2D eigenvalue weighted by Gasteiger charge is -2.38. The third-order valence-electron chi connectivity index (χ3n) is 4.50. The van der Waals surface area contributed by atoms with E-state index >= 15 is 0 Å². The Balaban J connectivity index is 2.25. The third kappa shape index (κ3) is 3.21. The van der Waals surface area contributed by atoms with Gasteiger partial charge in [0, 0.05) is 5.54 Å². The van der Waals surface area contributed by atoms with E-state index in [4.69, 9.17) is 5.73 Å². The maximum Gasteiger partial charge on any atom is 0.0206 e. The molecule has 1 nitrogen and oxygen atoms in total. The van der Waals surface area contributed by atoms with Crippen LogP contribution < -0.4 is 5.73 Å². The SMILES string of the molecule is CCCCCCCC1(N)CCCC1(C)C. The Morgan fingerprint density at radius 2 is 1.67 bits per heavy atom. The molecule has 0 aromatic rings. The minimum absolute atomic E-state index is 0.138. The number of hydrogen-bond donors (Lipinski definition) is 1. The summed E-state index contributed by atoms with van der Waals surface area (Å²) in [5.41, 5.74) is 7.06. The predicted molar refractivity (Wildman–Crippen MR) is 67.9 cm³/mol. The zero-order chi connectivity index (χ0) is 11.4. The first-order chi connectivity index (χ1) is 7.02. The number of nitrogens with two attached hydrogens (primary N) is 1. The van der Waals surface area contributed by atoms with Gasteiger partial charge in [-0.15, -0.1) is 0 Å². The first-order valence-corrected chi connectivity index (χ1v) is 6.81. The van der Waals surface area contributed by atoms with E-state index in [1.807, 2.05) is 0 Å². The van der Waals surface area contributed by atoms with Crippen molar-refractivity contribution in [1.29, 1.82) is 0 Å². The van der Waals surface area contributed by atoms with Crippen molar-refractivity contribution in [2.45, 2.75) is 84.1 Å². The van der Waals surface area contributed by atoms with Crippen LogP contribution in [0.1, 0.15) is 78.6 Å². The van der Waals surface area contributed by atoms with Crippen LogP contribution in [-0.2, 0) is 0 Å². The molecule has 0 spiro atoms. The van der Waals surface area contributed by atoms with E-state index in [1.165, 1.54) is 57.8 Å². The van der Waals surface area contributed by atoms with Gasteiger partial charge in [0.25, 0.3) is 0 Å². The maximum atomic E-state index is 6.55. The van der Waals surface area contributed by atoms with E-state index in [9.17, 15) is 0 Å². The summed E-state index contributed by atoms with van der Waals surface area (Å²) in [6, 6.07) is 0. The van der Waals surface area contributed by atoms with Gasteiger partial charge < -0.3 is 5.73 Å². The van der Waals surface area contributed by atoms with Crippen molar-refractivity contribution < 1.29 is 0 Å². The van der Waals surface area contributed by atoms with Gasteiger partial charge in [-0.1, -0.05) is 59.3 Å². The summed E-state index contributed by atoms with van der Waals surface area (Å²) in [6.07, 6.45) is 12.0. The van der Waals surface area contributed by atoms with Gasteiger partial charge in [0.2, 0.25) is 0 Å². The van der Waals surface area contributed by atoms with Crippen molar-refractivity contribution in [3.63, 3.8) is 0 Å². The average Bonchev–Trinajstić information content (AvgIpc) is 2.42. The first-order valence-electron chi connectivity index (χ1n) is 6.81. The molecule has 1 unspecified atom stereocenters. The topological polar surface area (TPSA) is 26.0 Å². The smallest absolute Gasteiger partial charge is 0.0206 e. The minimum atomic E-state index is 0.138. The molecule has 0 radical (unpaired) electrons. The number of unbranched alkanes of at least 4 members (excludes halogenated alkanes) is 4. The van der Waals surface area contributed by atoms with Crippen LogP contribution in [0.25, 0.3) is 0 Å². The molecule has 1 fully saturated rings. The lowest BCUT2D eigenvalue weighted by molar-refractivity contribution is 0.189. The fourth-order valence-corrected chi connectivity index (χ4v) is 2.94. The molecule has 0 aromatic carbocycles. The second kappa shape index (κ2) is 5.34. The van der Waals surface area contributed by atoms with Crippen LogP contribution in [0.3, 0.4) is 0 Å². The molecule has 0 heterocycles. The molecule has 0 bridgehead atoms. The van der Waals surface area contributed by atoms with E-state index in [-0.39, 0.29) is 5.54 Å². The fourth-order valence-electron chi connectivity index (χ4n) is 2.94. The van der Waals surface area contributed by atoms with Crippen molar-refractivity contribution in [3.8, 4) is 0 Å². The molecule has 1 atom stereocenters. The van der Waals surface area contributed by atoms with Gasteiger partial charge in [0.05, 0.1) is 0 Å². The van der Waals surface area contributed by atoms with Gasteiger partial charge >= 0.3 is 0 Å². The molecule has 2 N–H and O–H groups in total. The molecule has 1 saturated carbocycles. The summed E-state index contributed by atoms with van der Waals surface area (Å²) < 4.78 is 0. The molecule has 90 valence electrons. The molecular weight excluding hydrogens is 182 g/mol. The van der Waals surface area contributed by atoms with E-state index < -0.39 is 0 Å². The zero-order valence-corrected chi connectivity index (χ0v) is 10.9. The summed E-state index contributed by atoms with van der Waals surface area (Å²) in [6.45, 7) is 6.97. The third-order valence-corrected chi connectivity index (χ3v) is 4.50. The van der Waals surface area contributed by atoms with E-state index in [1.54, 1.807) is 0 Å². The average molecular weight is 211 g/mol. The fraction of sp³-hybridized carbons (Fsp3) is 1.00. The van der Waals surface area contributed by atoms with Gasteiger partial charge in [-0.05, 0) is 24.7 Å². The molecule has 15 heavy (non-hydrogen) atoms. The Hall–Kier alpha value is -0.0400. The highest BCUT2D eigenvalue weighted by Gasteiger charge is 2.44. The normalized spacial score (nSPS) is 29.6. The van der Waals surface area contributed by atoms with Crippen LogP contribution in [0.2, 0.25) is 0 Å². The van der Waals surface area contributed by atoms with Gasteiger partial charge in [-0.25, -0.2) is 0 Å². The molecule has 1 rings (SSSR count). The van der Waals surface area contributed by atoms with Gasteiger partial charge in [-0.2, -0.15) is 0 Å². The summed E-state index contributed by atoms with van der Waals surface area (Å²) >= 11 is 0. The molecule has 0 aliphatic heterocycles. The number of rotatable bonds is 6. The van der Waals surface area contributed by atoms with Crippen molar-refractivity contribution in [3.05, 3.63) is 0 Å². The lowest BCUT2D eigenvalue weighted by Crippen LogP contribution is -2.48. The van der Waals surface area contributed by atoms with Crippen LogP contribution in [0.5, 0.6) is 0 Å². The highest BCUT2D eigenvalue weighted by atomic mass is 14.8. The summed E-state index contributed by atoms with van der Waals surface area (Å²) in [7, 11) is 0. The van der Waals surface area contributed by atoms with Crippen LogP contribution in [0, 0.1) is 5.41 Å². The van der Waals surface area contributed by atoms with Crippen molar-refractivity contribution >= 4 is 0 Å². The summed E-state index contributed by atoms with van der Waals surface area (Å²) in [5.74, 6) is 0. The van der Waals surface area contributed by atoms with Gasteiger partial charge in [0.15, 0.2) is 0 Å². The second-order valence-corrected chi connectivity index (χ2v) is 6.06. The van der Waals surface area contributed by atoms with E-state index in [2.05, 4.69) is 20.8 Å². The zero-order valence-electron chi connectivity index (χ0n) is 10.9. The van der Waals surface area contributed by atoms with Crippen LogP contribution in [0.4, 0.5) is 0 Å². The van der Waals surface area contributed by atoms with E-state index in [0.29, 0.717) is 5.41 Å². The molecule has 0 amide bonds. The minimum Gasteiger partial charge on any atom is -0.325 e. The molecule has 0 aromatic heterocycles. The molecule has 1 heteroatoms. The van der Waals surface area contributed by atoms with Crippen molar-refractivity contribution in [2.24, 2.45) is 11.1 Å². The second-order valence-electron chi connectivity index (χ2n) is 6.06. The number of hydrogen-bond acceptors (Lipinski definition) is 1. The highest BCUT2D eigenvalue weighted by molar-refractivity contribution is 5.02. The Morgan fingerprint density at radius 3 is 2.20 bits per heavy atom. The quantitative estimate of drug-likeness (QED) is 0.653. The van der Waals surface area contributed by atoms with Crippen molar-refractivity contribution in [1.82, 2.24) is 0 Å². The van der Waals surface area contributed by atoms with Crippen LogP contribution >= 0.6 is 0 Å². The lowest BCUT2D eigenvalue weighted by atomic mass is 9.73. The predicted octanol–water partition coefficient (Wildman–Crippen LogP) is 4.25. The highest BCUT2D eigenvalue weighted by Crippen LogP contribution is 2.46. The Bertz CT molecular complexity index is 186. The molecular formula is C14H29N. The standard InChI is InChI=1S/C14H29N/c1-4-5-6-7-8-11-14(15)12-9-10-13(14,2)3/h4-12,15H2,1-3H3. The molecule has 0 saturated heterocycles. The largest absolute Gasteiger partial charge is 0.325 e. The van der Waals surface area contributed by atoms with Gasteiger partial charge in [-0.3, -0.25) is 0 Å². The monoisotopic (exact) mass is 211 g/mol. The Labute approximate surface area is 95.8 Å². The van der Waals surface area contributed by atoms with Crippen LogP contribution in [-0.4, -0.2) is 5.54 Å². The van der Waals surface area contributed by atoms with Crippen molar-refractivity contribution in [2.75, 3.05) is 0 Å². The van der Waals surface area contributed by atoms with Gasteiger partial charge in [0.1, 0.15) is 0 Å². The summed E-state index contributed by atoms with van der Waals surface area (Å²) in [5, 5.41) is 0. The first kappa shape index (κ1) is 13.0. The molecule has 1 aliphatic carbocycles.